The molecule has 0 radical (unpaired) electrons. The molecule has 4 aromatic carbocycles. The third-order valence-corrected chi connectivity index (χ3v) is 8.62. The number of benzene rings is 4. The van der Waals surface area contributed by atoms with E-state index in [9.17, 15) is 23.6 Å². The Morgan fingerprint density at radius 1 is 0.885 bits per heavy atom. The largest absolute Gasteiger partial charge is 0.497 e. The van der Waals surface area contributed by atoms with Crippen LogP contribution in [0.1, 0.15) is 40.3 Å². The summed E-state index contributed by atoms with van der Waals surface area (Å²) in [7, 11) is 1.56. The highest BCUT2D eigenvalue weighted by Gasteiger charge is 2.43. The Balaban J connectivity index is 1.47. The van der Waals surface area contributed by atoms with Gasteiger partial charge in [0.1, 0.15) is 29.6 Å². The van der Waals surface area contributed by atoms with E-state index in [2.05, 4.69) is 5.10 Å². The van der Waals surface area contributed by atoms with E-state index in [0.717, 1.165) is 4.68 Å². The number of rotatable bonds is 8. The lowest BCUT2D eigenvalue weighted by atomic mass is 9.97. The van der Waals surface area contributed by atoms with Crippen molar-refractivity contribution in [2.75, 3.05) is 28.4 Å². The van der Waals surface area contributed by atoms with Crippen molar-refractivity contribution in [1.29, 1.82) is 0 Å². The smallest absolute Gasteiger partial charge is 0.435 e. The summed E-state index contributed by atoms with van der Waals surface area (Å²) in [6.45, 7) is 8.47. The SMILES string of the molecule is COc1ccc(N(C(=O)CN2C(=O)C(Cc3nn(C(=O)OC(C)(C)C)c4ccc(F)cc34)C(=O)N(c3ccccc3)c3ccccc32)C(C)C)cc1. The minimum absolute atomic E-state index is 0.138. The van der Waals surface area contributed by atoms with Gasteiger partial charge in [-0.15, -0.1) is 0 Å². The van der Waals surface area contributed by atoms with Crippen molar-refractivity contribution >= 4 is 57.5 Å². The maximum Gasteiger partial charge on any atom is 0.435 e. The molecule has 12 heteroatoms. The van der Waals surface area contributed by atoms with E-state index in [0.29, 0.717) is 28.5 Å². The Kier molecular flexibility index (Phi) is 9.83. The van der Waals surface area contributed by atoms with E-state index in [4.69, 9.17) is 9.47 Å². The summed E-state index contributed by atoms with van der Waals surface area (Å²) in [5, 5.41) is 4.74. The van der Waals surface area contributed by atoms with Crippen LogP contribution in [0.4, 0.5) is 31.9 Å². The number of carbonyl (C=O) groups is 4. The Morgan fingerprint density at radius 3 is 2.17 bits per heavy atom. The van der Waals surface area contributed by atoms with E-state index < -0.39 is 41.8 Å². The van der Waals surface area contributed by atoms with Crippen LogP contribution < -0.4 is 19.4 Å². The third kappa shape index (κ3) is 7.09. The maximum absolute atomic E-state index is 14.9. The zero-order valence-corrected chi connectivity index (χ0v) is 29.9. The normalized spacial score (nSPS) is 14.7. The summed E-state index contributed by atoms with van der Waals surface area (Å²) in [5.74, 6) is -3.01. The van der Waals surface area contributed by atoms with Crippen molar-refractivity contribution < 1.29 is 33.0 Å². The molecule has 5 aromatic rings. The Hall–Kier alpha value is -6.04. The van der Waals surface area contributed by atoms with E-state index in [1.807, 2.05) is 19.9 Å². The first-order valence-electron chi connectivity index (χ1n) is 16.9. The van der Waals surface area contributed by atoms with E-state index >= 15 is 0 Å². The van der Waals surface area contributed by atoms with Gasteiger partial charge in [-0.05, 0) is 101 Å². The molecule has 0 spiro atoms. The number of carbonyl (C=O) groups excluding carboxylic acids is 4. The molecule has 0 fully saturated rings. The molecule has 11 nitrogen and oxygen atoms in total. The van der Waals surface area contributed by atoms with Crippen LogP contribution in [-0.2, 0) is 25.5 Å². The first-order valence-corrected chi connectivity index (χ1v) is 16.9. The molecule has 2 heterocycles. The highest BCUT2D eigenvalue weighted by atomic mass is 19.1. The second kappa shape index (κ2) is 14.3. The van der Waals surface area contributed by atoms with Gasteiger partial charge in [-0.25, -0.2) is 9.18 Å². The minimum Gasteiger partial charge on any atom is -0.497 e. The van der Waals surface area contributed by atoms with Crippen molar-refractivity contribution in [3.63, 3.8) is 0 Å². The molecule has 1 aliphatic rings. The van der Waals surface area contributed by atoms with E-state index in [-0.39, 0.29) is 35.0 Å². The van der Waals surface area contributed by atoms with Crippen molar-refractivity contribution in [2.45, 2.75) is 52.7 Å². The average Bonchev–Trinajstić information content (AvgIpc) is 3.43. The molecule has 1 aromatic heterocycles. The van der Waals surface area contributed by atoms with E-state index in [1.54, 1.807) is 106 Å². The summed E-state index contributed by atoms with van der Waals surface area (Å²) in [6.07, 6.45) is -1.10. The highest BCUT2D eigenvalue weighted by Crippen LogP contribution is 2.40. The molecule has 0 saturated carbocycles. The van der Waals surface area contributed by atoms with Crippen molar-refractivity contribution in [3.05, 3.63) is 109 Å². The average molecular weight is 706 g/mol. The quantitative estimate of drug-likeness (QED) is 0.156. The summed E-state index contributed by atoms with van der Waals surface area (Å²) >= 11 is 0. The lowest BCUT2D eigenvalue weighted by Gasteiger charge is -2.31. The number of fused-ring (bicyclic) bond motifs is 2. The number of aromatic nitrogens is 2. The predicted octanol–water partition coefficient (Wildman–Crippen LogP) is 7.28. The number of ether oxygens (including phenoxy) is 2. The summed E-state index contributed by atoms with van der Waals surface area (Å²) in [4.78, 5) is 61.6. The molecule has 0 N–H and O–H groups in total. The van der Waals surface area contributed by atoms with Crippen molar-refractivity contribution in [2.24, 2.45) is 5.92 Å². The minimum atomic E-state index is -1.43. The van der Waals surface area contributed by atoms with Gasteiger partial charge in [0.15, 0.2) is 0 Å². The molecular formula is C40H40FN5O6. The zero-order chi connectivity index (χ0) is 37.3. The van der Waals surface area contributed by atoms with Gasteiger partial charge in [0, 0.05) is 29.2 Å². The number of anilines is 4. The fourth-order valence-electron chi connectivity index (χ4n) is 6.38. The number of methoxy groups -OCH3 is 1. The second-order valence-corrected chi connectivity index (χ2v) is 13.7. The Labute approximate surface area is 301 Å². The molecule has 1 unspecified atom stereocenters. The molecule has 1 atom stereocenters. The lowest BCUT2D eigenvalue weighted by Crippen LogP contribution is -2.48. The Bertz CT molecular complexity index is 2140. The van der Waals surface area contributed by atoms with Gasteiger partial charge in [-0.1, -0.05) is 30.3 Å². The molecule has 0 saturated heterocycles. The Morgan fingerprint density at radius 2 is 1.54 bits per heavy atom. The molecule has 6 rings (SSSR count). The number of para-hydroxylation sites is 3. The van der Waals surface area contributed by atoms with Crippen LogP contribution in [0.3, 0.4) is 0 Å². The van der Waals surface area contributed by atoms with Gasteiger partial charge in [-0.2, -0.15) is 9.78 Å². The van der Waals surface area contributed by atoms with E-state index in [1.165, 1.54) is 28.0 Å². The number of halogens is 1. The van der Waals surface area contributed by atoms with Crippen LogP contribution in [0.15, 0.2) is 97.1 Å². The molecule has 3 amide bonds. The van der Waals surface area contributed by atoms with Gasteiger partial charge < -0.3 is 19.3 Å². The zero-order valence-electron chi connectivity index (χ0n) is 29.9. The van der Waals surface area contributed by atoms with Gasteiger partial charge in [0.25, 0.3) is 0 Å². The number of hydrogen-bond donors (Lipinski definition) is 0. The lowest BCUT2D eigenvalue weighted by molar-refractivity contribution is -0.132. The molecule has 52 heavy (non-hydrogen) atoms. The monoisotopic (exact) mass is 705 g/mol. The van der Waals surface area contributed by atoms with Crippen LogP contribution >= 0.6 is 0 Å². The molecular weight excluding hydrogens is 665 g/mol. The fourth-order valence-corrected chi connectivity index (χ4v) is 6.38. The number of nitrogens with zero attached hydrogens (tertiary/aromatic N) is 5. The van der Waals surface area contributed by atoms with Crippen LogP contribution in [-0.4, -0.2) is 58.9 Å². The number of hydrogen-bond acceptors (Lipinski definition) is 7. The summed E-state index contributed by atoms with van der Waals surface area (Å²) in [5.41, 5.74) is 1.40. The molecule has 268 valence electrons. The molecule has 0 bridgehead atoms. The maximum atomic E-state index is 14.9. The van der Waals surface area contributed by atoms with Crippen LogP contribution in [0.2, 0.25) is 0 Å². The first kappa shape index (κ1) is 35.8. The third-order valence-electron chi connectivity index (χ3n) is 8.62. The summed E-state index contributed by atoms with van der Waals surface area (Å²) < 4.78 is 26.6. The van der Waals surface area contributed by atoms with Crippen molar-refractivity contribution in [1.82, 2.24) is 9.78 Å². The first-order chi connectivity index (χ1) is 24.8. The highest BCUT2D eigenvalue weighted by molar-refractivity contribution is 6.21. The second-order valence-electron chi connectivity index (χ2n) is 13.7. The predicted molar refractivity (Wildman–Crippen MR) is 197 cm³/mol. The molecule has 0 aliphatic carbocycles. The van der Waals surface area contributed by atoms with Crippen LogP contribution in [0, 0.1) is 11.7 Å². The fraction of sp³-hybridized carbons (Fsp3) is 0.275. The standard InChI is InChI=1S/C40H40FN5O6/c1-25(2)44(28-17-19-29(51-6)20-18-28)36(47)24-43-34-14-10-11-15-35(34)45(27-12-8-7-9-13-27)38(49)31(37(43)48)23-32-30-22-26(41)16-21-33(30)46(42-32)39(50)52-40(3,4)5/h7-22,25,31H,23-24H2,1-6H3. The van der Waals surface area contributed by atoms with Crippen molar-refractivity contribution in [3.8, 4) is 5.75 Å². The van der Waals surface area contributed by atoms with Gasteiger partial charge in [0.2, 0.25) is 17.7 Å². The molecule has 1 aliphatic heterocycles. The van der Waals surface area contributed by atoms with Gasteiger partial charge >= 0.3 is 6.09 Å². The van der Waals surface area contributed by atoms with Crippen LogP contribution in [0.5, 0.6) is 5.75 Å². The van der Waals surface area contributed by atoms with Gasteiger partial charge in [-0.3, -0.25) is 19.3 Å². The van der Waals surface area contributed by atoms with Crippen LogP contribution in [0.25, 0.3) is 10.9 Å². The summed E-state index contributed by atoms with van der Waals surface area (Å²) in [6, 6.07) is 26.4. The number of amides is 3. The topological polar surface area (TPSA) is 114 Å². The van der Waals surface area contributed by atoms with Gasteiger partial charge in [0.05, 0.1) is 29.7 Å².